The molecule has 0 aliphatic heterocycles. The van der Waals surface area contributed by atoms with Crippen molar-refractivity contribution in [1.82, 2.24) is 21.5 Å². The van der Waals surface area contributed by atoms with E-state index in [0.29, 0.717) is 50.4 Å². The van der Waals surface area contributed by atoms with Crippen molar-refractivity contribution in [3.8, 4) is 11.5 Å². The van der Waals surface area contributed by atoms with Crippen molar-refractivity contribution in [2.75, 3.05) is 70.5 Å². The predicted molar refractivity (Wildman–Crippen MR) is 443 cm³/mol. The van der Waals surface area contributed by atoms with E-state index in [9.17, 15) is 71.7 Å². The lowest BCUT2D eigenvalue weighted by molar-refractivity contribution is -0.120. The maximum atomic E-state index is 13.2. The van der Waals surface area contributed by atoms with Gasteiger partial charge >= 0.3 is 0 Å². The third-order valence-corrected chi connectivity index (χ3v) is 22.0. The number of aromatic hydroxyl groups is 2. The first-order valence-electron chi connectivity index (χ1n) is 30.4. The molecular weight excluding hydrogens is 1880 g/mol. The Morgan fingerprint density at radius 2 is 0.716 bits per heavy atom. The number of rotatable bonds is 28. The zero-order chi connectivity index (χ0) is 79.7. The number of halogens is 6. The number of nitrogens with one attached hydrogen (secondary N) is 8. The van der Waals surface area contributed by atoms with E-state index in [1.807, 2.05) is 0 Å². The number of hydrazone groups is 2. The monoisotopic (exact) mass is 1930 g/mol. The van der Waals surface area contributed by atoms with Crippen molar-refractivity contribution >= 4 is 279 Å². The molecule has 0 unspecified atom stereocenters. The second-order valence-corrected chi connectivity index (χ2v) is 33.4. The van der Waals surface area contributed by atoms with Crippen LogP contribution >= 0.6 is 136 Å². The fourth-order valence-electron chi connectivity index (χ4n) is 9.37. The van der Waals surface area contributed by atoms with Crippen molar-refractivity contribution in [1.29, 1.82) is 0 Å². The van der Waals surface area contributed by atoms with Crippen LogP contribution in [0.1, 0.15) is 33.4 Å². The Labute approximate surface area is 689 Å². The highest BCUT2D eigenvalue weighted by molar-refractivity contribution is 9.11. The molecule has 0 atom stereocenters. The Hall–Kier alpha value is -8.02. The average Bonchev–Trinajstić information content (AvgIpc) is 0.836. The van der Waals surface area contributed by atoms with Crippen LogP contribution in [0.25, 0.3) is 24.3 Å². The van der Waals surface area contributed by atoms with Gasteiger partial charge in [0.15, 0.2) is 20.4 Å². The molecule has 0 saturated carbocycles. The molecule has 10 N–H and O–H groups in total. The number of phenols is 2. The Bertz CT molecular complexity index is 5110. The van der Waals surface area contributed by atoms with Crippen molar-refractivity contribution in [2.24, 2.45) is 10.2 Å². The number of carbonyl (C=O) groups excluding carboxylic acids is 2. The molecule has 8 aromatic carbocycles. The van der Waals surface area contributed by atoms with Gasteiger partial charge in [0.1, 0.15) is 65.1 Å². The van der Waals surface area contributed by atoms with E-state index in [-0.39, 0.29) is 103 Å². The van der Waals surface area contributed by atoms with Crippen LogP contribution in [-0.2, 0) is 54.8 Å². The topological polar surface area (TPSA) is 440 Å². The fourth-order valence-corrected chi connectivity index (χ4v) is 15.9. The quantitative estimate of drug-likeness (QED) is 0.00544. The second-order valence-electron chi connectivity index (χ2n) is 22.1. The van der Waals surface area contributed by atoms with Crippen LogP contribution in [0.2, 0.25) is 10.0 Å². The van der Waals surface area contributed by atoms with Crippen LogP contribution < -0.4 is 52.6 Å². The van der Waals surface area contributed by atoms with Crippen LogP contribution in [0.5, 0.6) is 11.5 Å². The number of ether oxygens (including phenoxy) is 1. The summed E-state index contributed by atoms with van der Waals surface area (Å²) in [5.74, 6) is -1.38. The van der Waals surface area contributed by atoms with E-state index in [4.69, 9.17) is 76.8 Å². The highest BCUT2D eigenvalue weighted by Crippen LogP contribution is 2.35. The van der Waals surface area contributed by atoms with Gasteiger partial charge in [0, 0.05) is 57.3 Å². The summed E-state index contributed by atoms with van der Waals surface area (Å²) in [5, 5.41) is 45.2. The largest absolute Gasteiger partial charge is 0.744 e. The maximum absolute atomic E-state index is 13.2. The van der Waals surface area contributed by atoms with Crippen molar-refractivity contribution < 1.29 is 76.4 Å². The van der Waals surface area contributed by atoms with E-state index >= 15 is 0 Å². The smallest absolute Gasteiger partial charge is 0.260 e. The van der Waals surface area contributed by atoms with Crippen LogP contribution in [0.15, 0.2) is 193 Å². The molecule has 2 amide bonds. The van der Waals surface area contributed by atoms with Gasteiger partial charge in [-0.2, -0.15) is 10.2 Å². The van der Waals surface area contributed by atoms with Crippen molar-refractivity contribution in [3.05, 3.63) is 207 Å². The van der Waals surface area contributed by atoms with Gasteiger partial charge in [-0.3, -0.25) is 9.59 Å². The number of amides is 2. The molecular formula is C66H52Br4Cl2N12O17S8-4. The number of hydrogen-bond acceptors (Lipinski definition) is 23. The number of phenolic OH excluding ortho intramolecular Hbond substituents is 2. The zero-order valence-corrected chi connectivity index (χ0v) is 69.3. The summed E-state index contributed by atoms with van der Waals surface area (Å²) in [7, 11) is -20.9. The van der Waals surface area contributed by atoms with Gasteiger partial charge < -0.3 is 74.9 Å². The minimum absolute atomic E-state index is 0.0118. The zero-order valence-electron chi connectivity index (χ0n) is 54.9. The average molecular weight is 1930 g/mol. The maximum Gasteiger partial charge on any atom is 0.260 e. The normalized spacial score (nSPS) is 11.9. The van der Waals surface area contributed by atoms with Gasteiger partial charge in [-0.1, -0.05) is 71.8 Å². The molecule has 8 aromatic rings. The molecule has 572 valence electrons. The molecule has 109 heavy (non-hydrogen) atoms. The van der Waals surface area contributed by atoms with Crippen LogP contribution in [0.4, 0.5) is 34.1 Å². The third kappa shape index (κ3) is 26.0. The summed E-state index contributed by atoms with van der Waals surface area (Å²) >= 11 is 47.1. The number of hydrogen-bond donors (Lipinski definition) is 10. The standard InChI is InChI=1S/C66H56Br4Cl2N12O17S8/c67-51-25-37(26-52(68)61(51)87)33-75-81-59(85)35-83(49-17-9-43(71)10-18-49)65(104)79-47-15-7-41(57(31-47)108(95,96)97)3-1-39-5-13-45(29-55(39)106(89,90)91)77-63(102)73-21-23-101-24-22-74-64(103)78-46-14-6-40(56(30-46)107(92,93)94)2-4-42-8-16-48(32-58(42)109(98,99)100)80-66(105)84(50-19-11-44(72)12-20-50)36-60(86)82-76-34-38-27-53(69)62(88)54(70)28-38/h1-20,25-34,87-88H,21-24,35-36H2,(H,79,104)(H,80,105)(H,81,85)(H,82,86)(H2,73,77,102)(H2,74,78,103)(H,89,90,91)(H,92,93,94)(H,95,96,97)(H,98,99,100)/p-4/b3-1+,4-2+,75-33-,76-34-. The van der Waals surface area contributed by atoms with Gasteiger partial charge in [0.25, 0.3) is 11.8 Å². The van der Waals surface area contributed by atoms with Crippen molar-refractivity contribution in [2.45, 2.75) is 19.6 Å². The minimum atomic E-state index is -5.25. The molecule has 8 rings (SSSR count). The fraction of sp³-hybridized carbons (Fsp3) is 0.0909. The highest BCUT2D eigenvalue weighted by Gasteiger charge is 2.22. The van der Waals surface area contributed by atoms with Crippen LogP contribution in [-0.4, -0.2) is 146 Å². The molecule has 0 aliphatic carbocycles. The van der Waals surface area contributed by atoms with Crippen LogP contribution in [0.3, 0.4) is 0 Å². The highest BCUT2D eigenvalue weighted by atomic mass is 79.9. The first-order chi connectivity index (χ1) is 51.3. The molecule has 0 radical (unpaired) electrons. The molecule has 0 aliphatic rings. The SMILES string of the molecule is O=C(CN(C(=S)Nc1ccc(/C=C/c2ccc(NC(=S)NCCOCCNC(=S)Nc3ccc(/C=C/c4ccc(NC(=S)N(CC(=O)N/N=C\c5cc(Br)c(O)c(Br)c5)c5ccc(Cl)cc5)cc4S(=O)(=O)[O-])c(S(=O)(=O)[O-])c3)cc2S(=O)(=O)[O-])c(S(=O)(=O)[O-])c1)c1ccc(Cl)cc1)N/N=C\c1cc(Br)c(O)c(Br)c1. The first-order valence-corrected chi connectivity index (χ1v) is 41.6. The molecule has 0 bridgehead atoms. The number of thiocarbonyl (C=S) groups is 4. The lowest BCUT2D eigenvalue weighted by Crippen LogP contribution is -2.41. The van der Waals surface area contributed by atoms with E-state index < -0.39 is 85.0 Å². The summed E-state index contributed by atoms with van der Waals surface area (Å²) in [6.45, 7) is -0.549. The molecule has 0 aromatic heterocycles. The van der Waals surface area contributed by atoms with Gasteiger partial charge in [-0.25, -0.2) is 44.5 Å². The van der Waals surface area contributed by atoms with E-state index in [1.165, 1.54) is 95.0 Å². The lowest BCUT2D eigenvalue weighted by Gasteiger charge is -2.25. The van der Waals surface area contributed by atoms with E-state index in [0.717, 1.165) is 48.6 Å². The first kappa shape index (κ1) is 86.6. The lowest BCUT2D eigenvalue weighted by atomic mass is 10.1. The van der Waals surface area contributed by atoms with E-state index in [2.05, 4.69) is 117 Å². The van der Waals surface area contributed by atoms with Gasteiger partial charge in [-0.15, -0.1) is 0 Å². The minimum Gasteiger partial charge on any atom is -0.744 e. The summed E-state index contributed by atoms with van der Waals surface area (Å²) in [4.78, 5) is 26.0. The summed E-state index contributed by atoms with van der Waals surface area (Å²) in [6, 6.07) is 32.9. The molecule has 43 heteroatoms. The number of carbonyl (C=O) groups is 2. The Morgan fingerprint density at radius 3 is 0.991 bits per heavy atom. The molecule has 29 nitrogen and oxygen atoms in total. The van der Waals surface area contributed by atoms with Gasteiger partial charge in [0.05, 0.1) is 63.1 Å². The number of benzene rings is 8. The summed E-state index contributed by atoms with van der Waals surface area (Å²) < 4.78 is 159. The number of anilines is 6. The van der Waals surface area contributed by atoms with Gasteiger partial charge in [-0.05, 0) is 267 Å². The molecule has 0 spiro atoms. The van der Waals surface area contributed by atoms with Crippen molar-refractivity contribution in [3.63, 3.8) is 0 Å². The summed E-state index contributed by atoms with van der Waals surface area (Å²) in [6.07, 6.45) is 7.10. The Kier molecular flexibility index (Phi) is 30.8. The second kappa shape index (κ2) is 38.8. The number of nitrogens with zero attached hydrogens (tertiary/aromatic N) is 4. The Balaban J connectivity index is 0.817. The van der Waals surface area contributed by atoms with Crippen LogP contribution in [0, 0.1) is 0 Å². The van der Waals surface area contributed by atoms with E-state index in [1.54, 1.807) is 48.5 Å². The summed E-state index contributed by atoms with van der Waals surface area (Å²) in [5.41, 5.74) is 5.81. The predicted octanol–water partition coefficient (Wildman–Crippen LogP) is 11.4. The molecule has 0 fully saturated rings. The Morgan fingerprint density at radius 1 is 0.440 bits per heavy atom. The molecule has 0 heterocycles. The third-order valence-electron chi connectivity index (χ3n) is 14.4. The molecule has 0 saturated heterocycles. The van der Waals surface area contributed by atoms with Gasteiger partial charge in [0.2, 0.25) is 0 Å².